The number of carbonyl (C=O) groups excluding carboxylic acids is 2. The van der Waals surface area contributed by atoms with Gasteiger partial charge in [0, 0.05) is 16.8 Å². The quantitative estimate of drug-likeness (QED) is 0.493. The number of nitrogens with one attached hydrogen (secondary N) is 3. The Morgan fingerprint density at radius 1 is 1.15 bits per heavy atom. The van der Waals surface area contributed by atoms with Gasteiger partial charge in [-0.25, -0.2) is 0 Å². The molecule has 0 aromatic heterocycles. The normalized spacial score (nSPS) is 12.7. The van der Waals surface area contributed by atoms with Gasteiger partial charge in [0.25, 0.3) is 17.5 Å². The van der Waals surface area contributed by atoms with Gasteiger partial charge < -0.3 is 15.5 Å². The lowest BCUT2D eigenvalue weighted by atomic mass is 10.2. The zero-order chi connectivity index (χ0) is 20.0. The zero-order valence-electron chi connectivity index (χ0n) is 14.9. The summed E-state index contributed by atoms with van der Waals surface area (Å²) in [5, 5.41) is 16.9. The smallest absolute Gasteiger partial charge is 0.292 e. The molecule has 0 spiro atoms. The van der Waals surface area contributed by atoms with E-state index in [4.69, 9.17) is 11.6 Å². The third kappa shape index (κ3) is 5.77. The molecule has 0 saturated heterocycles. The highest BCUT2D eigenvalue weighted by molar-refractivity contribution is 6.30. The van der Waals surface area contributed by atoms with Crippen molar-refractivity contribution < 1.29 is 19.4 Å². The first-order valence-electron chi connectivity index (χ1n) is 8.20. The van der Waals surface area contributed by atoms with Gasteiger partial charge >= 0.3 is 0 Å². The van der Waals surface area contributed by atoms with Crippen LogP contribution in [0.2, 0.25) is 5.02 Å². The number of para-hydroxylation sites is 2. The summed E-state index contributed by atoms with van der Waals surface area (Å²) in [4.78, 5) is 35.7. The van der Waals surface area contributed by atoms with Crippen LogP contribution in [0.3, 0.4) is 0 Å². The molecule has 2 aromatic carbocycles. The Hall–Kier alpha value is -2.97. The molecular formula is C18H20ClN4O4+. The predicted molar refractivity (Wildman–Crippen MR) is 103 cm³/mol. The maximum absolute atomic E-state index is 12.4. The van der Waals surface area contributed by atoms with Crippen LogP contribution in [0.25, 0.3) is 0 Å². The van der Waals surface area contributed by atoms with Crippen LogP contribution in [0.5, 0.6) is 0 Å². The zero-order valence-corrected chi connectivity index (χ0v) is 15.6. The Balaban J connectivity index is 1.94. The van der Waals surface area contributed by atoms with Gasteiger partial charge in [-0.3, -0.25) is 19.7 Å². The van der Waals surface area contributed by atoms with Crippen molar-refractivity contribution in [2.24, 2.45) is 0 Å². The lowest BCUT2D eigenvalue weighted by Gasteiger charge is -2.20. The molecule has 8 nitrogen and oxygen atoms in total. The Labute approximate surface area is 161 Å². The molecule has 0 heterocycles. The number of anilines is 2. The molecule has 3 N–H and O–H groups in total. The van der Waals surface area contributed by atoms with Crippen molar-refractivity contribution in [1.29, 1.82) is 0 Å². The SMILES string of the molecule is C[C@@H](C(=O)Nc1ccccc1[N+](=O)[O-])[NH+](C)CC(=O)Nc1ccc(Cl)cc1. The van der Waals surface area contributed by atoms with E-state index < -0.39 is 16.9 Å². The topological polar surface area (TPSA) is 106 Å². The first kappa shape index (κ1) is 20.3. The fraction of sp³-hybridized carbons (Fsp3) is 0.222. The van der Waals surface area contributed by atoms with Gasteiger partial charge in [-0.1, -0.05) is 23.7 Å². The van der Waals surface area contributed by atoms with Crippen LogP contribution >= 0.6 is 11.6 Å². The number of likely N-dealkylation sites (N-methyl/N-ethyl adjacent to an activating group) is 1. The first-order chi connectivity index (χ1) is 12.8. The predicted octanol–water partition coefficient (Wildman–Crippen LogP) is 1.73. The maximum atomic E-state index is 12.4. The van der Waals surface area contributed by atoms with Crippen molar-refractivity contribution in [3.63, 3.8) is 0 Å². The fourth-order valence-electron chi connectivity index (χ4n) is 2.35. The minimum absolute atomic E-state index is 0.0497. The summed E-state index contributed by atoms with van der Waals surface area (Å²) in [6.07, 6.45) is 0. The Bertz CT molecular complexity index is 842. The van der Waals surface area contributed by atoms with E-state index in [1.165, 1.54) is 18.2 Å². The second-order valence-corrected chi connectivity index (χ2v) is 6.50. The highest BCUT2D eigenvalue weighted by Gasteiger charge is 2.26. The summed E-state index contributed by atoms with van der Waals surface area (Å²) in [7, 11) is 1.70. The highest BCUT2D eigenvalue weighted by Crippen LogP contribution is 2.23. The summed E-state index contributed by atoms with van der Waals surface area (Å²) in [5.41, 5.74) is 0.545. The Kier molecular flexibility index (Phi) is 6.86. The molecule has 0 aliphatic rings. The molecule has 0 aliphatic heterocycles. The molecule has 142 valence electrons. The molecule has 0 fully saturated rings. The molecule has 2 amide bonds. The van der Waals surface area contributed by atoms with Crippen LogP contribution in [0.15, 0.2) is 48.5 Å². The average Bonchev–Trinajstić information content (AvgIpc) is 2.63. The number of amides is 2. The van der Waals surface area contributed by atoms with Crippen LogP contribution < -0.4 is 15.5 Å². The molecular weight excluding hydrogens is 372 g/mol. The molecule has 9 heteroatoms. The van der Waals surface area contributed by atoms with E-state index >= 15 is 0 Å². The number of nitrogens with zero attached hydrogens (tertiary/aromatic N) is 1. The minimum Gasteiger partial charge on any atom is -0.321 e. The molecule has 27 heavy (non-hydrogen) atoms. The van der Waals surface area contributed by atoms with Crippen LogP contribution in [0.1, 0.15) is 6.92 Å². The number of nitro benzene ring substituents is 1. The van der Waals surface area contributed by atoms with Gasteiger partial charge in [0.2, 0.25) is 0 Å². The molecule has 0 aliphatic carbocycles. The van der Waals surface area contributed by atoms with Crippen LogP contribution in [-0.2, 0) is 9.59 Å². The monoisotopic (exact) mass is 391 g/mol. The van der Waals surface area contributed by atoms with Crippen molar-refractivity contribution in [1.82, 2.24) is 0 Å². The van der Waals surface area contributed by atoms with E-state index in [2.05, 4.69) is 10.6 Å². The van der Waals surface area contributed by atoms with E-state index in [0.717, 1.165) is 0 Å². The number of halogens is 1. The van der Waals surface area contributed by atoms with Gasteiger partial charge in [0.15, 0.2) is 12.6 Å². The van der Waals surface area contributed by atoms with E-state index in [-0.39, 0.29) is 23.8 Å². The number of rotatable bonds is 7. The largest absolute Gasteiger partial charge is 0.321 e. The molecule has 0 radical (unpaired) electrons. The van der Waals surface area contributed by atoms with Gasteiger partial charge in [-0.15, -0.1) is 0 Å². The van der Waals surface area contributed by atoms with Crippen LogP contribution in [0, 0.1) is 10.1 Å². The van der Waals surface area contributed by atoms with Gasteiger partial charge in [0.1, 0.15) is 5.69 Å². The maximum Gasteiger partial charge on any atom is 0.292 e. The second kappa shape index (κ2) is 9.11. The molecule has 0 bridgehead atoms. The number of quaternary nitrogens is 1. The molecule has 1 unspecified atom stereocenters. The van der Waals surface area contributed by atoms with E-state index in [0.29, 0.717) is 15.6 Å². The number of hydrogen-bond acceptors (Lipinski definition) is 4. The Morgan fingerprint density at radius 2 is 1.78 bits per heavy atom. The summed E-state index contributed by atoms with van der Waals surface area (Å²) in [5.74, 6) is -0.679. The Morgan fingerprint density at radius 3 is 2.41 bits per heavy atom. The second-order valence-electron chi connectivity index (χ2n) is 6.06. The third-order valence-corrected chi connectivity index (χ3v) is 4.31. The van der Waals surface area contributed by atoms with Crippen molar-refractivity contribution in [3.8, 4) is 0 Å². The minimum atomic E-state index is -0.597. The summed E-state index contributed by atoms with van der Waals surface area (Å²) in [6.45, 7) is 1.70. The van der Waals surface area contributed by atoms with Gasteiger partial charge in [-0.05, 0) is 37.3 Å². The first-order valence-corrected chi connectivity index (χ1v) is 8.57. The van der Waals surface area contributed by atoms with Crippen LogP contribution in [0.4, 0.5) is 17.1 Å². The summed E-state index contributed by atoms with van der Waals surface area (Å²) >= 11 is 5.80. The summed E-state index contributed by atoms with van der Waals surface area (Å²) < 4.78 is 0. The number of carbonyl (C=O) groups is 2. The van der Waals surface area contributed by atoms with Crippen LogP contribution in [-0.4, -0.2) is 36.4 Å². The number of nitro groups is 1. The lowest BCUT2D eigenvalue weighted by molar-refractivity contribution is -0.885. The molecule has 0 saturated carbocycles. The lowest BCUT2D eigenvalue weighted by Crippen LogP contribution is -3.14. The fourth-order valence-corrected chi connectivity index (χ4v) is 2.47. The standard InChI is InChI=1S/C18H19ClN4O4/c1-12(18(25)21-15-5-3-4-6-16(15)23(26)27)22(2)11-17(24)20-14-9-7-13(19)8-10-14/h3-10,12H,11H2,1-2H3,(H,20,24)(H,21,25)/p+1/t12-/m0/s1. The summed E-state index contributed by atoms with van der Waals surface area (Å²) in [6, 6.07) is 12.0. The van der Waals surface area contributed by atoms with Crippen molar-refractivity contribution in [3.05, 3.63) is 63.7 Å². The van der Waals surface area contributed by atoms with Crippen molar-refractivity contribution in [2.75, 3.05) is 24.2 Å². The molecule has 2 atom stereocenters. The number of hydrogen-bond donors (Lipinski definition) is 3. The van der Waals surface area contributed by atoms with E-state index in [9.17, 15) is 19.7 Å². The van der Waals surface area contributed by atoms with Gasteiger partial charge in [0.05, 0.1) is 12.0 Å². The average molecular weight is 392 g/mol. The highest BCUT2D eigenvalue weighted by atomic mass is 35.5. The van der Waals surface area contributed by atoms with Gasteiger partial charge in [-0.2, -0.15) is 0 Å². The van der Waals surface area contributed by atoms with E-state index in [1.54, 1.807) is 44.3 Å². The number of benzene rings is 2. The molecule has 2 aromatic rings. The van der Waals surface area contributed by atoms with E-state index in [1.807, 2.05) is 0 Å². The molecule has 2 rings (SSSR count). The van der Waals surface area contributed by atoms with Crippen molar-refractivity contribution in [2.45, 2.75) is 13.0 Å². The van der Waals surface area contributed by atoms with Crippen molar-refractivity contribution >= 4 is 40.5 Å². The third-order valence-electron chi connectivity index (χ3n) is 4.06.